The molecule has 0 saturated carbocycles. The van der Waals surface area contributed by atoms with Crippen LogP contribution in [0.4, 0.5) is 0 Å². The molecule has 0 bridgehead atoms. The zero-order chi connectivity index (χ0) is 14.8. The average molecular weight is 284 g/mol. The summed E-state index contributed by atoms with van der Waals surface area (Å²) in [6.45, 7) is 11.1. The lowest BCUT2D eigenvalue weighted by molar-refractivity contribution is 0.146. The number of hydrogen-bond donors (Lipinski definition) is 2. The summed E-state index contributed by atoms with van der Waals surface area (Å²) in [5.41, 5.74) is 2.77. The minimum atomic E-state index is 0.768. The first-order valence-corrected chi connectivity index (χ1v) is 8.02. The minimum absolute atomic E-state index is 0.768. The van der Waals surface area contributed by atoms with E-state index in [1.807, 2.05) is 6.92 Å². The summed E-state index contributed by atoms with van der Waals surface area (Å²) in [4.78, 5) is 6.87. The molecule has 0 radical (unpaired) electrons. The lowest BCUT2D eigenvalue weighted by atomic mass is 9.89. The van der Waals surface area contributed by atoms with Gasteiger partial charge in [-0.15, -0.1) is 0 Å². The maximum Gasteiger partial charge on any atom is 0.208 e. The highest BCUT2D eigenvalue weighted by Gasteiger charge is 2.20. The molecule has 5 nitrogen and oxygen atoms in total. The van der Waals surface area contributed by atoms with Crippen molar-refractivity contribution in [3.63, 3.8) is 0 Å². The molecule has 0 aliphatic carbocycles. The summed E-state index contributed by atoms with van der Waals surface area (Å²) in [6.07, 6.45) is 4.72. The van der Waals surface area contributed by atoms with Crippen LogP contribution >= 0.6 is 0 Å². The fourth-order valence-electron chi connectivity index (χ4n) is 2.73. The van der Waals surface area contributed by atoms with Gasteiger partial charge in [-0.2, -0.15) is 0 Å². The van der Waals surface area contributed by atoms with Crippen molar-refractivity contribution in [3.8, 4) is 0 Å². The molecule has 1 unspecified atom stereocenters. The van der Waals surface area contributed by atoms with Gasteiger partial charge in [-0.1, -0.05) is 13.8 Å². The van der Waals surface area contributed by atoms with Gasteiger partial charge < -0.3 is 9.64 Å². The second-order valence-corrected chi connectivity index (χ2v) is 5.82. The van der Waals surface area contributed by atoms with E-state index in [2.05, 4.69) is 29.2 Å². The summed E-state index contributed by atoms with van der Waals surface area (Å²) >= 11 is 0. The van der Waals surface area contributed by atoms with E-state index < -0.39 is 0 Å². The van der Waals surface area contributed by atoms with Gasteiger partial charge in [-0.3, -0.25) is 10.4 Å². The van der Waals surface area contributed by atoms with Crippen molar-refractivity contribution in [3.05, 3.63) is 0 Å². The van der Waals surface area contributed by atoms with Crippen LogP contribution in [0, 0.1) is 11.8 Å². The predicted octanol–water partition coefficient (Wildman–Crippen LogP) is 1.99. The van der Waals surface area contributed by atoms with E-state index in [1.54, 1.807) is 0 Å². The fourth-order valence-corrected chi connectivity index (χ4v) is 2.73. The Bertz CT molecular complexity index is 281. The average Bonchev–Trinajstić information content (AvgIpc) is 2.69. The standard InChI is InChI=1S/C15H32N4O/c1-4-20-12-6-9-17-15(18-16)19-10-5-7-14(8-11-19)13(2)3/h13-14H,4-12,16H2,1-3H3,(H,17,18). The number of nitrogens with zero attached hydrogens (tertiary/aromatic N) is 2. The molecule has 1 heterocycles. The van der Waals surface area contributed by atoms with Crippen LogP contribution in [-0.4, -0.2) is 43.7 Å². The Balaban J connectivity index is 2.42. The van der Waals surface area contributed by atoms with Gasteiger partial charge in [0.05, 0.1) is 0 Å². The molecule has 3 N–H and O–H groups in total. The molecule has 118 valence electrons. The SMILES string of the molecule is CCOCCCN=C(NN)N1CCCC(C(C)C)CC1. The maximum absolute atomic E-state index is 5.64. The van der Waals surface area contributed by atoms with Gasteiger partial charge in [0.1, 0.15) is 0 Å². The Kier molecular flexibility index (Phi) is 8.62. The second-order valence-electron chi connectivity index (χ2n) is 5.82. The lowest BCUT2D eigenvalue weighted by Crippen LogP contribution is -2.45. The highest BCUT2D eigenvalue weighted by molar-refractivity contribution is 5.79. The van der Waals surface area contributed by atoms with Gasteiger partial charge in [0.15, 0.2) is 0 Å². The summed E-state index contributed by atoms with van der Waals surface area (Å²) in [5, 5.41) is 0. The van der Waals surface area contributed by atoms with Gasteiger partial charge in [0.2, 0.25) is 5.96 Å². The van der Waals surface area contributed by atoms with Gasteiger partial charge >= 0.3 is 0 Å². The summed E-state index contributed by atoms with van der Waals surface area (Å²) in [7, 11) is 0. The van der Waals surface area contributed by atoms with Crippen LogP contribution < -0.4 is 11.3 Å². The first kappa shape index (κ1) is 17.2. The Morgan fingerprint density at radius 1 is 1.40 bits per heavy atom. The second kappa shape index (κ2) is 10.00. The molecule has 0 aromatic heterocycles. The van der Waals surface area contributed by atoms with Crippen LogP contribution in [-0.2, 0) is 4.74 Å². The van der Waals surface area contributed by atoms with E-state index in [1.165, 1.54) is 19.3 Å². The third-order valence-electron chi connectivity index (χ3n) is 4.06. The predicted molar refractivity (Wildman–Crippen MR) is 84.5 cm³/mol. The van der Waals surface area contributed by atoms with Crippen LogP contribution in [0.1, 0.15) is 46.5 Å². The highest BCUT2D eigenvalue weighted by atomic mass is 16.5. The first-order chi connectivity index (χ1) is 9.69. The Labute approximate surface area is 123 Å². The zero-order valence-electron chi connectivity index (χ0n) is 13.4. The molecule has 0 aromatic carbocycles. The molecule has 1 rings (SSSR count). The molecule has 1 fully saturated rings. The molecule has 1 saturated heterocycles. The van der Waals surface area contributed by atoms with Crippen molar-refractivity contribution in [2.24, 2.45) is 22.7 Å². The highest BCUT2D eigenvalue weighted by Crippen LogP contribution is 2.24. The number of guanidine groups is 1. The number of nitrogens with two attached hydrogens (primary N) is 1. The normalized spacial score (nSPS) is 21.1. The quantitative estimate of drug-likeness (QED) is 0.257. The fraction of sp³-hybridized carbons (Fsp3) is 0.933. The van der Waals surface area contributed by atoms with Crippen LogP contribution in [0.5, 0.6) is 0 Å². The minimum Gasteiger partial charge on any atom is -0.382 e. The van der Waals surface area contributed by atoms with E-state index in [0.29, 0.717) is 0 Å². The molecular weight excluding hydrogens is 252 g/mol. The Morgan fingerprint density at radius 2 is 2.20 bits per heavy atom. The summed E-state index contributed by atoms with van der Waals surface area (Å²) < 4.78 is 5.32. The molecular formula is C15H32N4O. The first-order valence-electron chi connectivity index (χ1n) is 8.02. The van der Waals surface area contributed by atoms with E-state index in [9.17, 15) is 0 Å². The van der Waals surface area contributed by atoms with E-state index in [0.717, 1.165) is 57.1 Å². The third kappa shape index (κ3) is 6.09. The monoisotopic (exact) mass is 284 g/mol. The molecule has 20 heavy (non-hydrogen) atoms. The van der Waals surface area contributed by atoms with Crippen molar-refractivity contribution < 1.29 is 4.74 Å². The Morgan fingerprint density at radius 3 is 2.85 bits per heavy atom. The van der Waals surface area contributed by atoms with Crippen LogP contribution in [0.3, 0.4) is 0 Å². The van der Waals surface area contributed by atoms with Crippen LogP contribution in [0.25, 0.3) is 0 Å². The lowest BCUT2D eigenvalue weighted by Gasteiger charge is -2.24. The molecule has 0 aromatic rings. The topological polar surface area (TPSA) is 62.9 Å². The molecule has 0 spiro atoms. The van der Waals surface area contributed by atoms with E-state index in [4.69, 9.17) is 10.6 Å². The largest absolute Gasteiger partial charge is 0.382 e. The van der Waals surface area contributed by atoms with Gasteiger partial charge in [0, 0.05) is 32.8 Å². The van der Waals surface area contributed by atoms with Crippen molar-refractivity contribution in [1.82, 2.24) is 10.3 Å². The maximum atomic E-state index is 5.64. The molecule has 1 atom stereocenters. The van der Waals surface area contributed by atoms with Crippen molar-refractivity contribution in [2.75, 3.05) is 32.8 Å². The van der Waals surface area contributed by atoms with Crippen molar-refractivity contribution in [2.45, 2.75) is 46.5 Å². The smallest absolute Gasteiger partial charge is 0.208 e. The van der Waals surface area contributed by atoms with Gasteiger partial charge in [-0.25, -0.2) is 5.84 Å². The number of hydrazine groups is 1. The molecule has 0 amide bonds. The van der Waals surface area contributed by atoms with Crippen LogP contribution in [0.15, 0.2) is 4.99 Å². The number of nitrogens with one attached hydrogen (secondary N) is 1. The Hall–Kier alpha value is -0.810. The molecule has 5 heteroatoms. The zero-order valence-corrected chi connectivity index (χ0v) is 13.4. The van der Waals surface area contributed by atoms with Gasteiger partial charge in [0.25, 0.3) is 0 Å². The van der Waals surface area contributed by atoms with Crippen molar-refractivity contribution >= 4 is 5.96 Å². The molecule has 1 aliphatic heterocycles. The number of aliphatic imine (C=N–C) groups is 1. The summed E-state index contributed by atoms with van der Waals surface area (Å²) in [6, 6.07) is 0. The summed E-state index contributed by atoms with van der Waals surface area (Å²) in [5.74, 6) is 8.08. The van der Waals surface area contributed by atoms with E-state index >= 15 is 0 Å². The number of ether oxygens (including phenoxy) is 1. The third-order valence-corrected chi connectivity index (χ3v) is 4.06. The number of rotatable bonds is 6. The molecule has 1 aliphatic rings. The number of hydrogen-bond acceptors (Lipinski definition) is 3. The van der Waals surface area contributed by atoms with Crippen molar-refractivity contribution in [1.29, 1.82) is 0 Å². The van der Waals surface area contributed by atoms with Gasteiger partial charge in [-0.05, 0) is 44.4 Å². The number of likely N-dealkylation sites (tertiary alicyclic amines) is 1. The van der Waals surface area contributed by atoms with E-state index in [-0.39, 0.29) is 0 Å². The van der Waals surface area contributed by atoms with Crippen LogP contribution in [0.2, 0.25) is 0 Å².